The van der Waals surface area contributed by atoms with Crippen molar-refractivity contribution in [3.05, 3.63) is 101 Å². The number of allylic oxidation sites excluding steroid dienone is 1. The number of dihydropyridines is 1. The molecule has 5 heteroatoms. The molecule has 1 aliphatic heterocycles. The summed E-state index contributed by atoms with van der Waals surface area (Å²) in [6.45, 7) is 3.70. The molecule has 154 valence electrons. The Morgan fingerprint density at radius 3 is 2.57 bits per heavy atom. The van der Waals surface area contributed by atoms with Crippen LogP contribution in [0.2, 0.25) is 0 Å². The third kappa shape index (κ3) is 3.89. The number of nitrogens with one attached hydrogen (secondary N) is 1. The van der Waals surface area contributed by atoms with Crippen LogP contribution in [0.25, 0.3) is 0 Å². The summed E-state index contributed by atoms with van der Waals surface area (Å²) in [6, 6.07) is 16.9. The van der Waals surface area contributed by atoms with Gasteiger partial charge in [-0.25, -0.2) is 4.79 Å². The van der Waals surface area contributed by atoms with Gasteiger partial charge in [-0.2, -0.15) is 0 Å². The van der Waals surface area contributed by atoms with Gasteiger partial charge in [-0.05, 0) is 47.6 Å². The van der Waals surface area contributed by atoms with Crippen LogP contribution in [0.15, 0.2) is 90.3 Å². The van der Waals surface area contributed by atoms with E-state index in [-0.39, 0.29) is 18.3 Å². The third-order valence-corrected chi connectivity index (χ3v) is 5.76. The van der Waals surface area contributed by atoms with Crippen molar-refractivity contribution in [1.29, 1.82) is 0 Å². The molecule has 5 nitrogen and oxygen atoms in total. The molecule has 30 heavy (non-hydrogen) atoms. The summed E-state index contributed by atoms with van der Waals surface area (Å²) in [5.41, 5.74) is 4.16. The van der Waals surface area contributed by atoms with E-state index < -0.39 is 18.0 Å². The van der Waals surface area contributed by atoms with Gasteiger partial charge in [-0.3, -0.25) is 0 Å². The summed E-state index contributed by atoms with van der Waals surface area (Å²) in [6.07, 6.45) is 3.82. The zero-order valence-corrected chi connectivity index (χ0v) is 16.6. The Labute approximate surface area is 176 Å². The quantitative estimate of drug-likeness (QED) is 0.522. The van der Waals surface area contributed by atoms with Crippen molar-refractivity contribution in [3.8, 4) is 5.75 Å². The standard InChI is InChI=1S/C25H25NO4/c1-2-12-30-25(29)20-15-26-21-13-18(16-6-4-3-5-7-16)14-22(28)24(21)23(20)17-8-10-19(27)11-9-17/h2-11,15,18,22-23,26-28H,1,12-14H2. The number of hydrogen-bond acceptors (Lipinski definition) is 5. The molecule has 0 fully saturated rings. The number of carbonyl (C=O) groups excluding carboxylic acids is 1. The monoisotopic (exact) mass is 403 g/mol. The molecule has 3 atom stereocenters. The number of esters is 1. The maximum atomic E-state index is 12.7. The summed E-state index contributed by atoms with van der Waals surface area (Å²) < 4.78 is 5.29. The summed E-state index contributed by atoms with van der Waals surface area (Å²) in [7, 11) is 0. The fourth-order valence-electron chi connectivity index (χ4n) is 4.37. The lowest BCUT2D eigenvalue weighted by Crippen LogP contribution is -2.35. The first-order valence-electron chi connectivity index (χ1n) is 10.1. The number of rotatable bonds is 5. The minimum atomic E-state index is -0.707. The average Bonchev–Trinajstić information content (AvgIpc) is 2.78. The van der Waals surface area contributed by atoms with Crippen LogP contribution in [0.5, 0.6) is 5.75 Å². The fraction of sp³-hybridized carbons (Fsp3) is 0.240. The molecule has 3 N–H and O–H groups in total. The average molecular weight is 403 g/mol. The highest BCUT2D eigenvalue weighted by molar-refractivity contribution is 5.92. The molecule has 0 saturated carbocycles. The second-order valence-electron chi connectivity index (χ2n) is 7.65. The number of phenolic OH excluding ortho intramolecular Hbond substituents is 1. The van der Waals surface area contributed by atoms with Gasteiger partial charge in [0.2, 0.25) is 0 Å². The fourth-order valence-corrected chi connectivity index (χ4v) is 4.37. The van der Waals surface area contributed by atoms with Crippen molar-refractivity contribution in [3.63, 3.8) is 0 Å². The van der Waals surface area contributed by atoms with E-state index in [1.807, 2.05) is 18.2 Å². The van der Waals surface area contributed by atoms with Gasteiger partial charge in [0.25, 0.3) is 0 Å². The number of ether oxygens (including phenoxy) is 1. The van der Waals surface area contributed by atoms with Crippen molar-refractivity contribution in [2.45, 2.75) is 30.8 Å². The zero-order chi connectivity index (χ0) is 21.1. The number of hydrogen-bond donors (Lipinski definition) is 3. The number of phenols is 1. The SMILES string of the molecule is C=CCOC(=O)C1=CNC2=C(C(O)CC(c3ccccc3)C2)C1c1ccc(O)cc1. The van der Waals surface area contributed by atoms with Crippen molar-refractivity contribution >= 4 is 5.97 Å². The minimum absolute atomic E-state index is 0.114. The van der Waals surface area contributed by atoms with Gasteiger partial charge in [0.05, 0.1) is 11.7 Å². The minimum Gasteiger partial charge on any atom is -0.508 e. The van der Waals surface area contributed by atoms with E-state index in [2.05, 4.69) is 24.0 Å². The number of carbonyl (C=O) groups is 1. The summed E-state index contributed by atoms with van der Waals surface area (Å²) >= 11 is 0. The normalized spacial score (nSPS) is 23.1. The molecule has 1 aliphatic carbocycles. The Morgan fingerprint density at radius 1 is 1.13 bits per heavy atom. The van der Waals surface area contributed by atoms with Crippen LogP contribution in [-0.2, 0) is 9.53 Å². The van der Waals surface area contributed by atoms with Crippen molar-refractivity contribution in [1.82, 2.24) is 5.32 Å². The van der Waals surface area contributed by atoms with Crippen LogP contribution in [0.4, 0.5) is 0 Å². The van der Waals surface area contributed by atoms with E-state index in [0.717, 1.165) is 23.3 Å². The van der Waals surface area contributed by atoms with E-state index in [9.17, 15) is 15.0 Å². The smallest absolute Gasteiger partial charge is 0.336 e. The van der Waals surface area contributed by atoms with Gasteiger partial charge in [0, 0.05) is 17.8 Å². The van der Waals surface area contributed by atoms with E-state index in [0.29, 0.717) is 12.0 Å². The van der Waals surface area contributed by atoms with Crippen molar-refractivity contribution < 1.29 is 19.7 Å². The Bertz CT molecular complexity index is 992. The molecule has 0 radical (unpaired) electrons. The van der Waals surface area contributed by atoms with E-state index in [1.165, 1.54) is 11.6 Å². The molecule has 2 aromatic rings. The van der Waals surface area contributed by atoms with Crippen LogP contribution in [0.1, 0.15) is 35.8 Å². The molecule has 2 aliphatic rings. The number of aliphatic hydroxyl groups is 1. The largest absolute Gasteiger partial charge is 0.508 e. The zero-order valence-electron chi connectivity index (χ0n) is 16.6. The van der Waals surface area contributed by atoms with Crippen LogP contribution >= 0.6 is 0 Å². The predicted molar refractivity (Wildman–Crippen MR) is 115 cm³/mol. The first kappa shape index (κ1) is 20.0. The number of benzene rings is 2. The second-order valence-corrected chi connectivity index (χ2v) is 7.65. The van der Waals surface area contributed by atoms with Gasteiger partial charge in [0.15, 0.2) is 0 Å². The predicted octanol–water partition coefficient (Wildman–Crippen LogP) is 3.88. The molecule has 0 saturated heterocycles. The van der Waals surface area contributed by atoms with Crippen LogP contribution in [0, 0.1) is 0 Å². The van der Waals surface area contributed by atoms with E-state index in [1.54, 1.807) is 30.5 Å². The Balaban J connectivity index is 1.72. The second kappa shape index (κ2) is 8.59. The topological polar surface area (TPSA) is 78.8 Å². The molecule has 2 aromatic carbocycles. The van der Waals surface area contributed by atoms with E-state index >= 15 is 0 Å². The molecule has 0 bridgehead atoms. The maximum absolute atomic E-state index is 12.7. The van der Waals surface area contributed by atoms with Gasteiger partial charge in [0.1, 0.15) is 12.4 Å². The third-order valence-electron chi connectivity index (χ3n) is 5.76. The molecular formula is C25H25NO4. The van der Waals surface area contributed by atoms with Crippen LogP contribution < -0.4 is 5.32 Å². The van der Waals surface area contributed by atoms with Crippen molar-refractivity contribution in [2.75, 3.05) is 6.61 Å². The lowest BCUT2D eigenvalue weighted by molar-refractivity contribution is -0.138. The first-order valence-corrected chi connectivity index (χ1v) is 10.1. The molecule has 4 rings (SSSR count). The number of aromatic hydroxyl groups is 1. The molecule has 1 heterocycles. The van der Waals surface area contributed by atoms with E-state index in [4.69, 9.17) is 4.74 Å². The molecule has 0 amide bonds. The Morgan fingerprint density at radius 2 is 1.87 bits per heavy atom. The highest BCUT2D eigenvalue weighted by Crippen LogP contribution is 2.46. The molecule has 0 spiro atoms. The molecule has 0 aromatic heterocycles. The first-order chi connectivity index (χ1) is 14.6. The summed E-state index contributed by atoms with van der Waals surface area (Å²) in [4.78, 5) is 12.7. The Hall–Kier alpha value is -3.31. The van der Waals surface area contributed by atoms with Crippen LogP contribution in [-0.4, -0.2) is 28.9 Å². The van der Waals surface area contributed by atoms with Crippen LogP contribution in [0.3, 0.4) is 0 Å². The maximum Gasteiger partial charge on any atom is 0.336 e. The highest BCUT2D eigenvalue weighted by atomic mass is 16.5. The van der Waals surface area contributed by atoms with Crippen molar-refractivity contribution in [2.24, 2.45) is 0 Å². The molecule has 3 unspecified atom stereocenters. The summed E-state index contributed by atoms with van der Waals surface area (Å²) in [5, 5.41) is 24.1. The number of aliphatic hydroxyl groups excluding tert-OH is 1. The molecular weight excluding hydrogens is 378 g/mol. The lowest BCUT2D eigenvalue weighted by atomic mass is 9.72. The van der Waals surface area contributed by atoms with Gasteiger partial charge in [-0.1, -0.05) is 55.1 Å². The highest BCUT2D eigenvalue weighted by Gasteiger charge is 2.39. The lowest BCUT2D eigenvalue weighted by Gasteiger charge is -2.38. The summed E-state index contributed by atoms with van der Waals surface area (Å²) in [5.74, 6) is -0.555. The Kier molecular flexibility index (Phi) is 5.72. The van der Waals surface area contributed by atoms with Gasteiger partial charge < -0.3 is 20.3 Å². The van der Waals surface area contributed by atoms with Gasteiger partial charge >= 0.3 is 5.97 Å². The van der Waals surface area contributed by atoms with Gasteiger partial charge in [-0.15, -0.1) is 0 Å².